The van der Waals surface area contributed by atoms with E-state index in [4.69, 9.17) is 9.47 Å². The molecule has 0 saturated carbocycles. The Kier molecular flexibility index (Phi) is 5.99. The van der Waals surface area contributed by atoms with Gasteiger partial charge in [-0.05, 0) is 33.6 Å². The predicted molar refractivity (Wildman–Crippen MR) is 97.3 cm³/mol. The Morgan fingerprint density at radius 1 is 1.39 bits per heavy atom. The van der Waals surface area contributed by atoms with Crippen LogP contribution in [0.3, 0.4) is 0 Å². The molecule has 0 aromatic carbocycles. The molecule has 2 aromatic rings. The summed E-state index contributed by atoms with van der Waals surface area (Å²) in [5, 5.41) is 0.937. The van der Waals surface area contributed by atoms with E-state index in [9.17, 15) is 4.79 Å². The average Bonchev–Trinajstić information content (AvgIpc) is 2.82. The van der Waals surface area contributed by atoms with Gasteiger partial charge in [0, 0.05) is 36.9 Å². The van der Waals surface area contributed by atoms with Gasteiger partial charge in [0.25, 0.3) is 0 Å². The van der Waals surface area contributed by atoms with Crippen LogP contribution in [0.5, 0.6) is 0 Å². The molecule has 0 fully saturated rings. The van der Waals surface area contributed by atoms with Gasteiger partial charge in [-0.2, -0.15) is 0 Å². The number of esters is 1. The molecular weight excluding hydrogens is 376 g/mol. The lowest BCUT2D eigenvalue weighted by atomic mass is 10.1. The zero-order chi connectivity index (χ0) is 17.0. The summed E-state index contributed by atoms with van der Waals surface area (Å²) in [6.45, 7) is 8.17. The number of nitrogens with zero attached hydrogens (tertiary/aromatic N) is 2. The molecule has 0 radical (unpaired) electrons. The van der Waals surface area contributed by atoms with Crippen LogP contribution in [-0.2, 0) is 27.4 Å². The topological polar surface area (TPSA) is 53.4 Å². The van der Waals surface area contributed by atoms with Gasteiger partial charge >= 0.3 is 5.97 Å². The molecule has 0 aliphatic heterocycles. The van der Waals surface area contributed by atoms with Crippen molar-refractivity contribution in [2.75, 3.05) is 13.7 Å². The van der Waals surface area contributed by atoms with Crippen molar-refractivity contribution in [1.29, 1.82) is 0 Å². The third kappa shape index (κ3) is 4.89. The first kappa shape index (κ1) is 18.2. The maximum absolute atomic E-state index is 11.6. The largest absolute Gasteiger partial charge is 0.469 e. The van der Waals surface area contributed by atoms with Crippen molar-refractivity contribution >= 4 is 41.0 Å². The smallest absolute Gasteiger partial charge is 0.310 e. The fourth-order valence-electron chi connectivity index (χ4n) is 2.26. The van der Waals surface area contributed by atoms with Crippen molar-refractivity contribution in [3.05, 3.63) is 28.5 Å². The number of rotatable bonds is 7. The monoisotopic (exact) mass is 398 g/mol. The summed E-state index contributed by atoms with van der Waals surface area (Å²) in [4.78, 5) is 16.1. The molecule has 5 nitrogen and oxygen atoms in total. The molecule has 0 aliphatic carbocycles. The van der Waals surface area contributed by atoms with Crippen LogP contribution in [0.25, 0.3) is 11.0 Å². The van der Waals surface area contributed by atoms with E-state index in [1.807, 2.05) is 16.8 Å². The Bertz CT molecular complexity index is 694. The first-order valence-corrected chi connectivity index (χ1v) is 12.1. The fraction of sp³-hybridized carbons (Fsp3) is 0.500. The second-order valence-electron chi connectivity index (χ2n) is 6.72. The lowest BCUT2D eigenvalue weighted by Crippen LogP contribution is -2.22. The first-order chi connectivity index (χ1) is 10.8. The van der Waals surface area contributed by atoms with Crippen LogP contribution < -0.4 is 0 Å². The zero-order valence-electron chi connectivity index (χ0n) is 14.1. The van der Waals surface area contributed by atoms with Crippen LogP contribution in [0.4, 0.5) is 0 Å². The van der Waals surface area contributed by atoms with E-state index >= 15 is 0 Å². The minimum atomic E-state index is -1.10. The summed E-state index contributed by atoms with van der Waals surface area (Å²) in [6.07, 6.45) is 3.89. The van der Waals surface area contributed by atoms with E-state index in [0.717, 1.165) is 33.7 Å². The van der Waals surface area contributed by atoms with Gasteiger partial charge in [-0.25, -0.2) is 4.98 Å². The summed E-state index contributed by atoms with van der Waals surface area (Å²) in [6, 6.07) is 3.00. The molecule has 0 bridgehead atoms. The Labute approximate surface area is 146 Å². The molecular formula is C16H23BrN2O3Si. The fourth-order valence-corrected chi connectivity index (χ4v) is 3.56. The number of carbonyl (C=O) groups is 1. The van der Waals surface area contributed by atoms with Crippen molar-refractivity contribution in [3.63, 3.8) is 0 Å². The lowest BCUT2D eigenvalue weighted by Gasteiger charge is -2.15. The van der Waals surface area contributed by atoms with Gasteiger partial charge in [0.1, 0.15) is 12.4 Å². The van der Waals surface area contributed by atoms with Crippen LogP contribution >= 0.6 is 15.9 Å². The van der Waals surface area contributed by atoms with Crippen LogP contribution in [0.1, 0.15) is 5.56 Å². The van der Waals surface area contributed by atoms with Crippen molar-refractivity contribution < 1.29 is 14.3 Å². The minimum absolute atomic E-state index is 0.221. The average molecular weight is 399 g/mol. The van der Waals surface area contributed by atoms with E-state index < -0.39 is 8.07 Å². The number of hydrogen-bond donors (Lipinski definition) is 0. The highest BCUT2D eigenvalue weighted by molar-refractivity contribution is 9.10. The summed E-state index contributed by atoms with van der Waals surface area (Å²) in [7, 11) is 0.299. The van der Waals surface area contributed by atoms with Crippen molar-refractivity contribution in [2.45, 2.75) is 38.8 Å². The molecule has 0 aliphatic rings. The number of pyridine rings is 1. The molecule has 2 rings (SSSR count). The van der Waals surface area contributed by atoms with Gasteiger partial charge in [0.15, 0.2) is 0 Å². The highest BCUT2D eigenvalue weighted by Gasteiger charge is 2.16. The van der Waals surface area contributed by atoms with Gasteiger partial charge < -0.3 is 14.0 Å². The quantitative estimate of drug-likeness (QED) is 0.404. The van der Waals surface area contributed by atoms with Crippen molar-refractivity contribution in [3.8, 4) is 0 Å². The standard InChI is InChI=1S/C16H23BrN2O3Si/c1-21-14(20)9-12-10-19(11-22-7-8-23(2,3)4)16-15(12)13(17)5-6-18-16/h5-6,10H,7-9,11H2,1-4H3. The molecule has 126 valence electrons. The maximum Gasteiger partial charge on any atom is 0.310 e. The van der Waals surface area contributed by atoms with Crippen LogP contribution in [0.2, 0.25) is 25.7 Å². The molecule has 23 heavy (non-hydrogen) atoms. The summed E-state index contributed by atoms with van der Waals surface area (Å²) < 4.78 is 13.5. The predicted octanol–water partition coefficient (Wildman–Crippen LogP) is 3.83. The maximum atomic E-state index is 11.6. The number of aromatic nitrogens is 2. The van der Waals surface area contributed by atoms with Gasteiger partial charge in [0.05, 0.1) is 13.5 Å². The van der Waals surface area contributed by atoms with Crippen molar-refractivity contribution in [1.82, 2.24) is 9.55 Å². The SMILES string of the molecule is COC(=O)Cc1cn(COCC[Si](C)(C)C)c2nccc(Br)c12. The van der Waals surface area contributed by atoms with E-state index in [0.29, 0.717) is 6.73 Å². The Balaban J connectivity index is 2.19. The second-order valence-corrected chi connectivity index (χ2v) is 13.2. The third-order valence-corrected chi connectivity index (χ3v) is 5.94. The molecule has 7 heteroatoms. The van der Waals surface area contributed by atoms with E-state index in [1.165, 1.54) is 7.11 Å². The molecule has 0 N–H and O–H groups in total. The lowest BCUT2D eigenvalue weighted by molar-refractivity contribution is -0.139. The van der Waals surface area contributed by atoms with E-state index in [-0.39, 0.29) is 12.4 Å². The minimum Gasteiger partial charge on any atom is -0.469 e. The number of carbonyl (C=O) groups excluding carboxylic acids is 1. The van der Waals surface area contributed by atoms with Crippen LogP contribution in [-0.4, -0.2) is 37.3 Å². The van der Waals surface area contributed by atoms with Crippen molar-refractivity contribution in [2.24, 2.45) is 0 Å². The molecule has 2 heterocycles. The number of hydrogen-bond acceptors (Lipinski definition) is 4. The normalized spacial score (nSPS) is 11.9. The first-order valence-electron chi connectivity index (χ1n) is 7.58. The molecule has 0 atom stereocenters. The highest BCUT2D eigenvalue weighted by Crippen LogP contribution is 2.28. The van der Waals surface area contributed by atoms with Gasteiger partial charge in [-0.15, -0.1) is 0 Å². The Morgan fingerprint density at radius 3 is 2.78 bits per heavy atom. The Morgan fingerprint density at radius 2 is 2.13 bits per heavy atom. The zero-order valence-corrected chi connectivity index (χ0v) is 16.6. The van der Waals surface area contributed by atoms with Crippen LogP contribution in [0, 0.1) is 0 Å². The molecule has 0 spiro atoms. The Hall–Kier alpha value is -1.18. The number of fused-ring (bicyclic) bond motifs is 1. The second kappa shape index (κ2) is 7.59. The van der Waals surface area contributed by atoms with E-state index in [1.54, 1.807) is 6.20 Å². The van der Waals surface area contributed by atoms with Gasteiger partial charge in [-0.3, -0.25) is 4.79 Å². The highest BCUT2D eigenvalue weighted by atomic mass is 79.9. The molecule has 0 saturated heterocycles. The van der Waals surface area contributed by atoms with Gasteiger partial charge in [-0.1, -0.05) is 19.6 Å². The number of ether oxygens (including phenoxy) is 2. The number of methoxy groups -OCH3 is 1. The summed E-state index contributed by atoms with van der Waals surface area (Å²) in [5.74, 6) is -0.264. The molecule has 0 amide bonds. The number of halogens is 1. The summed E-state index contributed by atoms with van der Waals surface area (Å²) in [5.41, 5.74) is 1.70. The van der Waals surface area contributed by atoms with Gasteiger partial charge in [0.2, 0.25) is 0 Å². The molecule has 2 aromatic heterocycles. The van der Waals surface area contributed by atoms with E-state index in [2.05, 4.69) is 40.6 Å². The third-order valence-electron chi connectivity index (χ3n) is 3.57. The van der Waals surface area contributed by atoms with Crippen LogP contribution in [0.15, 0.2) is 22.9 Å². The molecule has 0 unspecified atom stereocenters. The summed E-state index contributed by atoms with van der Waals surface area (Å²) >= 11 is 3.54.